The third kappa shape index (κ3) is 2.53. The Bertz CT molecular complexity index is 937. The molecule has 2 aromatic carbocycles. The minimum atomic E-state index is 0.138. The van der Waals surface area contributed by atoms with E-state index in [4.69, 9.17) is 4.98 Å². The molecule has 1 saturated heterocycles. The first kappa shape index (κ1) is 15.9. The minimum absolute atomic E-state index is 0.138. The van der Waals surface area contributed by atoms with Crippen molar-refractivity contribution in [3.8, 4) is 0 Å². The molecule has 1 fully saturated rings. The molecule has 1 aliphatic rings. The summed E-state index contributed by atoms with van der Waals surface area (Å²) in [6, 6.07) is 14.4. The number of fused-ring (bicyclic) bond motifs is 1. The van der Waals surface area contributed by atoms with Crippen molar-refractivity contribution >= 4 is 22.6 Å². The second kappa shape index (κ2) is 6.03. The summed E-state index contributed by atoms with van der Waals surface area (Å²) in [5.74, 6) is 1.36. The van der Waals surface area contributed by atoms with Crippen LogP contribution in [0.4, 0.5) is 5.69 Å². The second-order valence-electron chi connectivity index (χ2n) is 6.85. The first-order chi connectivity index (χ1) is 12.1. The summed E-state index contributed by atoms with van der Waals surface area (Å²) in [7, 11) is 0. The maximum absolute atomic E-state index is 12.8. The highest BCUT2D eigenvalue weighted by atomic mass is 16.2. The average Bonchev–Trinajstić information content (AvgIpc) is 3.15. The third-order valence-corrected chi connectivity index (χ3v) is 5.20. The van der Waals surface area contributed by atoms with Crippen LogP contribution in [0.1, 0.15) is 36.2 Å². The topological polar surface area (TPSA) is 38.1 Å². The van der Waals surface area contributed by atoms with Gasteiger partial charge in [-0.3, -0.25) is 4.79 Å². The Balaban J connectivity index is 1.74. The summed E-state index contributed by atoms with van der Waals surface area (Å²) in [6.45, 7) is 7.85. The van der Waals surface area contributed by atoms with Crippen molar-refractivity contribution in [1.82, 2.24) is 9.55 Å². The van der Waals surface area contributed by atoms with Crippen LogP contribution >= 0.6 is 0 Å². The van der Waals surface area contributed by atoms with Gasteiger partial charge in [-0.25, -0.2) is 4.98 Å². The van der Waals surface area contributed by atoms with E-state index in [1.54, 1.807) is 0 Å². The zero-order valence-corrected chi connectivity index (χ0v) is 15.0. The Hall–Kier alpha value is -2.62. The lowest BCUT2D eigenvalue weighted by molar-refractivity contribution is -0.117. The number of rotatable bonds is 3. The first-order valence-corrected chi connectivity index (χ1v) is 8.92. The summed E-state index contributed by atoms with van der Waals surface area (Å²) in [6.07, 6.45) is 0.525. The van der Waals surface area contributed by atoms with Crippen molar-refractivity contribution in [3.05, 3.63) is 59.4 Å². The normalized spacial score (nSPS) is 17.6. The molecule has 0 N–H and O–H groups in total. The van der Waals surface area contributed by atoms with Crippen LogP contribution in [0.25, 0.3) is 11.0 Å². The van der Waals surface area contributed by atoms with Gasteiger partial charge >= 0.3 is 0 Å². The standard InChI is InChI=1S/C21H23N3O/c1-4-23-18-11-6-5-10-17(18)22-21(23)16-12-19(25)24(13-16)20-14(2)8-7-9-15(20)3/h5-11,16H,4,12-13H2,1-3H3/t16-/m0/s1. The van der Waals surface area contributed by atoms with Gasteiger partial charge in [-0.15, -0.1) is 0 Å². The predicted octanol–water partition coefficient (Wildman–Crippen LogP) is 4.19. The van der Waals surface area contributed by atoms with Gasteiger partial charge in [0.15, 0.2) is 0 Å². The molecule has 0 saturated carbocycles. The minimum Gasteiger partial charge on any atom is -0.328 e. The van der Waals surface area contributed by atoms with E-state index in [-0.39, 0.29) is 11.8 Å². The van der Waals surface area contributed by atoms with Crippen LogP contribution in [0.15, 0.2) is 42.5 Å². The Labute approximate surface area is 148 Å². The zero-order chi connectivity index (χ0) is 17.6. The maximum Gasteiger partial charge on any atom is 0.227 e. The van der Waals surface area contributed by atoms with Crippen molar-refractivity contribution in [1.29, 1.82) is 0 Å². The molecule has 25 heavy (non-hydrogen) atoms. The van der Waals surface area contributed by atoms with Gasteiger partial charge in [0, 0.05) is 31.1 Å². The Morgan fingerprint density at radius 1 is 1.08 bits per heavy atom. The fraction of sp³-hybridized carbons (Fsp3) is 0.333. The van der Waals surface area contributed by atoms with Gasteiger partial charge in [-0.1, -0.05) is 30.3 Å². The van der Waals surface area contributed by atoms with E-state index in [1.807, 2.05) is 29.2 Å². The second-order valence-corrected chi connectivity index (χ2v) is 6.85. The number of aryl methyl sites for hydroxylation is 3. The average molecular weight is 333 g/mol. The molecular formula is C21H23N3O. The summed E-state index contributed by atoms with van der Waals surface area (Å²) < 4.78 is 2.25. The van der Waals surface area contributed by atoms with E-state index in [2.05, 4.69) is 43.5 Å². The fourth-order valence-electron chi connectivity index (χ4n) is 4.07. The van der Waals surface area contributed by atoms with Crippen LogP contribution in [0, 0.1) is 13.8 Å². The molecule has 1 aliphatic heterocycles. The maximum atomic E-state index is 12.8. The van der Waals surface area contributed by atoms with E-state index in [9.17, 15) is 4.79 Å². The monoisotopic (exact) mass is 333 g/mol. The van der Waals surface area contributed by atoms with Crippen LogP contribution in [-0.4, -0.2) is 22.0 Å². The summed E-state index contributed by atoms with van der Waals surface area (Å²) in [4.78, 5) is 19.6. The largest absolute Gasteiger partial charge is 0.328 e. The van der Waals surface area contributed by atoms with Crippen LogP contribution in [0.2, 0.25) is 0 Å². The number of amides is 1. The number of carbonyl (C=O) groups is 1. The smallest absolute Gasteiger partial charge is 0.227 e. The van der Waals surface area contributed by atoms with Crippen LogP contribution in [-0.2, 0) is 11.3 Å². The molecule has 0 spiro atoms. The van der Waals surface area contributed by atoms with E-state index in [0.717, 1.165) is 40.2 Å². The van der Waals surface area contributed by atoms with Crippen LogP contribution in [0.3, 0.4) is 0 Å². The summed E-state index contributed by atoms with van der Waals surface area (Å²) >= 11 is 0. The fourth-order valence-corrected chi connectivity index (χ4v) is 4.07. The van der Waals surface area contributed by atoms with E-state index in [1.165, 1.54) is 0 Å². The summed E-state index contributed by atoms with van der Waals surface area (Å²) in [5, 5.41) is 0. The van der Waals surface area contributed by atoms with Gasteiger partial charge in [0.1, 0.15) is 5.82 Å². The molecule has 0 aliphatic carbocycles. The molecule has 4 heteroatoms. The first-order valence-electron chi connectivity index (χ1n) is 8.92. The molecule has 4 nitrogen and oxygen atoms in total. The molecular weight excluding hydrogens is 310 g/mol. The number of anilines is 1. The Morgan fingerprint density at radius 2 is 1.80 bits per heavy atom. The lowest BCUT2D eigenvalue weighted by Gasteiger charge is -2.21. The highest BCUT2D eigenvalue weighted by Crippen LogP contribution is 2.35. The molecule has 3 aromatic rings. The molecule has 0 unspecified atom stereocenters. The molecule has 128 valence electrons. The van der Waals surface area contributed by atoms with Gasteiger partial charge in [-0.2, -0.15) is 0 Å². The van der Waals surface area contributed by atoms with E-state index in [0.29, 0.717) is 13.0 Å². The van der Waals surface area contributed by atoms with Gasteiger partial charge in [-0.05, 0) is 44.0 Å². The predicted molar refractivity (Wildman–Crippen MR) is 101 cm³/mol. The molecule has 1 atom stereocenters. The third-order valence-electron chi connectivity index (χ3n) is 5.20. The number of benzene rings is 2. The number of imidazole rings is 1. The molecule has 0 radical (unpaired) electrons. The highest BCUT2D eigenvalue weighted by molar-refractivity contribution is 5.98. The van der Waals surface area contributed by atoms with E-state index >= 15 is 0 Å². The number of carbonyl (C=O) groups excluding carboxylic acids is 1. The number of hydrogen-bond acceptors (Lipinski definition) is 2. The van der Waals surface area contributed by atoms with Crippen molar-refractivity contribution in [2.24, 2.45) is 0 Å². The Morgan fingerprint density at radius 3 is 2.52 bits per heavy atom. The SMILES string of the molecule is CCn1c([C@H]2CC(=O)N(c3c(C)cccc3C)C2)nc2ccccc21. The van der Waals surface area contributed by atoms with Crippen LogP contribution < -0.4 is 4.90 Å². The van der Waals surface area contributed by atoms with Crippen molar-refractivity contribution in [2.45, 2.75) is 39.7 Å². The van der Waals surface area contributed by atoms with E-state index < -0.39 is 0 Å². The lowest BCUT2D eigenvalue weighted by Crippen LogP contribution is -2.26. The molecule has 2 heterocycles. The molecule has 1 aromatic heterocycles. The quantitative estimate of drug-likeness (QED) is 0.721. The highest BCUT2D eigenvalue weighted by Gasteiger charge is 2.35. The number of para-hydroxylation sites is 3. The molecule has 4 rings (SSSR count). The summed E-state index contributed by atoms with van der Waals surface area (Å²) in [5.41, 5.74) is 5.53. The molecule has 1 amide bonds. The Kier molecular flexibility index (Phi) is 3.83. The van der Waals surface area contributed by atoms with Crippen LogP contribution in [0.5, 0.6) is 0 Å². The zero-order valence-electron chi connectivity index (χ0n) is 15.0. The van der Waals surface area contributed by atoms with Crippen molar-refractivity contribution in [2.75, 3.05) is 11.4 Å². The lowest BCUT2D eigenvalue weighted by atomic mass is 10.1. The van der Waals surface area contributed by atoms with Crippen molar-refractivity contribution < 1.29 is 4.79 Å². The van der Waals surface area contributed by atoms with Gasteiger partial charge in [0.2, 0.25) is 5.91 Å². The number of hydrogen-bond donors (Lipinski definition) is 0. The van der Waals surface area contributed by atoms with Crippen molar-refractivity contribution in [3.63, 3.8) is 0 Å². The number of nitrogens with zero attached hydrogens (tertiary/aromatic N) is 3. The van der Waals surface area contributed by atoms with Gasteiger partial charge in [0.05, 0.1) is 11.0 Å². The molecule has 0 bridgehead atoms. The van der Waals surface area contributed by atoms with Gasteiger partial charge in [0.25, 0.3) is 0 Å². The number of aromatic nitrogens is 2. The van der Waals surface area contributed by atoms with Gasteiger partial charge < -0.3 is 9.47 Å².